The van der Waals surface area contributed by atoms with Gasteiger partial charge in [0.25, 0.3) is 0 Å². The Labute approximate surface area is 102 Å². The molecular weight excluding hydrogens is 222 g/mol. The maximum absolute atomic E-state index is 11.6. The molecule has 94 valence electrons. The molecule has 4 nitrogen and oxygen atoms in total. The highest BCUT2D eigenvalue weighted by molar-refractivity contribution is 7.98. The first-order chi connectivity index (χ1) is 7.63. The van der Waals surface area contributed by atoms with Crippen LogP contribution in [0, 0.1) is 5.92 Å². The van der Waals surface area contributed by atoms with Crippen LogP contribution in [0.15, 0.2) is 0 Å². The van der Waals surface area contributed by atoms with Gasteiger partial charge in [-0.05, 0) is 44.4 Å². The van der Waals surface area contributed by atoms with Crippen molar-refractivity contribution in [3.63, 3.8) is 0 Å². The first kappa shape index (κ1) is 13.8. The first-order valence-corrected chi connectivity index (χ1v) is 7.23. The van der Waals surface area contributed by atoms with Gasteiger partial charge in [0.1, 0.15) is 0 Å². The molecule has 0 aromatic carbocycles. The van der Waals surface area contributed by atoms with Crippen LogP contribution in [0.25, 0.3) is 0 Å². The van der Waals surface area contributed by atoms with Crippen molar-refractivity contribution in [2.45, 2.75) is 18.9 Å². The summed E-state index contributed by atoms with van der Waals surface area (Å²) in [6, 6.07) is -0.341. The van der Waals surface area contributed by atoms with Gasteiger partial charge in [-0.1, -0.05) is 0 Å². The summed E-state index contributed by atoms with van der Waals surface area (Å²) in [5.41, 5.74) is 5.78. The topological polar surface area (TPSA) is 58.4 Å². The van der Waals surface area contributed by atoms with Gasteiger partial charge in [0.05, 0.1) is 6.04 Å². The zero-order chi connectivity index (χ0) is 12.0. The molecule has 5 heteroatoms. The summed E-state index contributed by atoms with van der Waals surface area (Å²) in [7, 11) is 2.12. The minimum Gasteiger partial charge on any atom is -0.354 e. The predicted octanol–water partition coefficient (Wildman–Crippen LogP) is 0.135. The van der Waals surface area contributed by atoms with Crippen LogP contribution in [0.2, 0.25) is 0 Å². The molecular formula is C11H23N3OS. The van der Waals surface area contributed by atoms with Gasteiger partial charge in [0, 0.05) is 13.1 Å². The lowest BCUT2D eigenvalue weighted by Gasteiger charge is -2.15. The number of amides is 1. The fraction of sp³-hybridized carbons (Fsp3) is 0.909. The van der Waals surface area contributed by atoms with Gasteiger partial charge in [0.2, 0.25) is 5.91 Å². The number of likely N-dealkylation sites (tertiary alicyclic amines) is 1. The number of nitrogens with zero attached hydrogens (tertiary/aromatic N) is 1. The highest BCUT2D eigenvalue weighted by Crippen LogP contribution is 2.12. The third-order valence-electron chi connectivity index (χ3n) is 3.02. The second-order valence-corrected chi connectivity index (χ2v) is 5.54. The number of nitrogens with one attached hydrogen (secondary N) is 1. The van der Waals surface area contributed by atoms with Crippen molar-refractivity contribution in [2.75, 3.05) is 38.7 Å². The van der Waals surface area contributed by atoms with Crippen molar-refractivity contribution < 1.29 is 4.79 Å². The SMILES string of the molecule is CSCC[C@H](N)C(=O)NCC1CCN(C)C1. The van der Waals surface area contributed by atoms with Gasteiger partial charge >= 0.3 is 0 Å². The van der Waals surface area contributed by atoms with Crippen molar-refractivity contribution >= 4 is 17.7 Å². The molecule has 1 aliphatic heterocycles. The Kier molecular flexibility index (Phi) is 6.16. The van der Waals surface area contributed by atoms with Crippen molar-refractivity contribution in [3.05, 3.63) is 0 Å². The molecule has 16 heavy (non-hydrogen) atoms. The van der Waals surface area contributed by atoms with Gasteiger partial charge in [-0.15, -0.1) is 0 Å². The van der Waals surface area contributed by atoms with E-state index >= 15 is 0 Å². The molecule has 0 aromatic rings. The number of carbonyl (C=O) groups excluding carboxylic acids is 1. The summed E-state index contributed by atoms with van der Waals surface area (Å²) in [6.07, 6.45) is 3.97. The molecule has 1 unspecified atom stereocenters. The van der Waals surface area contributed by atoms with E-state index in [0.29, 0.717) is 5.92 Å². The lowest BCUT2D eigenvalue weighted by molar-refractivity contribution is -0.122. The lowest BCUT2D eigenvalue weighted by Crippen LogP contribution is -2.43. The predicted molar refractivity (Wildman–Crippen MR) is 69.6 cm³/mol. The van der Waals surface area contributed by atoms with E-state index in [9.17, 15) is 4.79 Å². The Balaban J connectivity index is 2.14. The summed E-state index contributed by atoms with van der Waals surface area (Å²) < 4.78 is 0. The lowest BCUT2D eigenvalue weighted by atomic mass is 10.1. The van der Waals surface area contributed by atoms with Crippen LogP contribution < -0.4 is 11.1 Å². The van der Waals surface area contributed by atoms with Crippen LogP contribution in [0.5, 0.6) is 0 Å². The van der Waals surface area contributed by atoms with Crippen LogP contribution in [-0.2, 0) is 4.79 Å². The number of thioether (sulfide) groups is 1. The summed E-state index contributed by atoms with van der Waals surface area (Å²) in [5, 5.41) is 2.95. The maximum atomic E-state index is 11.6. The molecule has 1 heterocycles. The normalized spacial score (nSPS) is 23.3. The average Bonchev–Trinajstić information content (AvgIpc) is 2.68. The zero-order valence-electron chi connectivity index (χ0n) is 10.2. The molecule has 0 aromatic heterocycles. The Bertz CT molecular complexity index is 225. The zero-order valence-corrected chi connectivity index (χ0v) is 11.1. The van der Waals surface area contributed by atoms with E-state index in [1.54, 1.807) is 11.8 Å². The van der Waals surface area contributed by atoms with Gasteiger partial charge < -0.3 is 16.0 Å². The van der Waals surface area contributed by atoms with Crippen molar-refractivity contribution in [1.82, 2.24) is 10.2 Å². The Morgan fingerprint density at radius 3 is 3.00 bits per heavy atom. The third kappa shape index (κ3) is 4.72. The third-order valence-corrected chi connectivity index (χ3v) is 3.67. The average molecular weight is 245 g/mol. The van der Waals surface area contributed by atoms with Gasteiger partial charge in [0.15, 0.2) is 0 Å². The highest BCUT2D eigenvalue weighted by Gasteiger charge is 2.21. The molecule has 2 atom stereocenters. The van der Waals surface area contributed by atoms with Gasteiger partial charge in [-0.2, -0.15) is 11.8 Å². The quantitative estimate of drug-likeness (QED) is 0.698. The molecule has 0 bridgehead atoms. The van der Waals surface area contributed by atoms with Crippen molar-refractivity contribution in [1.29, 1.82) is 0 Å². The first-order valence-electron chi connectivity index (χ1n) is 5.84. The second-order valence-electron chi connectivity index (χ2n) is 4.55. The number of rotatable bonds is 6. The number of carbonyl (C=O) groups is 1. The van der Waals surface area contributed by atoms with E-state index in [1.165, 1.54) is 6.42 Å². The van der Waals surface area contributed by atoms with E-state index in [1.807, 2.05) is 6.26 Å². The Morgan fingerprint density at radius 1 is 1.69 bits per heavy atom. The molecule has 1 saturated heterocycles. The molecule has 0 radical (unpaired) electrons. The van der Waals surface area contributed by atoms with Crippen LogP contribution in [0.3, 0.4) is 0 Å². The molecule has 1 aliphatic rings. The van der Waals surface area contributed by atoms with Crippen molar-refractivity contribution in [3.8, 4) is 0 Å². The van der Waals surface area contributed by atoms with Crippen LogP contribution in [0.1, 0.15) is 12.8 Å². The van der Waals surface area contributed by atoms with E-state index in [2.05, 4.69) is 17.3 Å². The minimum atomic E-state index is -0.341. The van der Waals surface area contributed by atoms with Gasteiger partial charge in [-0.3, -0.25) is 4.79 Å². The van der Waals surface area contributed by atoms with Crippen LogP contribution >= 0.6 is 11.8 Å². The monoisotopic (exact) mass is 245 g/mol. The van der Waals surface area contributed by atoms with E-state index in [-0.39, 0.29) is 11.9 Å². The molecule has 1 fully saturated rings. The molecule has 0 saturated carbocycles. The minimum absolute atomic E-state index is 0.00334. The van der Waals surface area contributed by atoms with Crippen LogP contribution in [-0.4, -0.2) is 55.5 Å². The van der Waals surface area contributed by atoms with E-state index < -0.39 is 0 Å². The molecule has 0 aliphatic carbocycles. The van der Waals surface area contributed by atoms with E-state index in [0.717, 1.165) is 31.8 Å². The number of hydrogen-bond acceptors (Lipinski definition) is 4. The Morgan fingerprint density at radius 2 is 2.44 bits per heavy atom. The summed E-state index contributed by atoms with van der Waals surface area (Å²) >= 11 is 1.72. The summed E-state index contributed by atoms with van der Waals surface area (Å²) in [4.78, 5) is 13.9. The van der Waals surface area contributed by atoms with Crippen LogP contribution in [0.4, 0.5) is 0 Å². The maximum Gasteiger partial charge on any atom is 0.236 e. The van der Waals surface area contributed by atoms with Gasteiger partial charge in [-0.25, -0.2) is 0 Å². The number of nitrogens with two attached hydrogens (primary N) is 1. The highest BCUT2D eigenvalue weighted by atomic mass is 32.2. The molecule has 1 rings (SSSR count). The number of hydrogen-bond donors (Lipinski definition) is 2. The fourth-order valence-corrected chi connectivity index (χ4v) is 2.43. The standard InChI is InChI=1S/C11H23N3OS/c1-14-5-3-9(8-14)7-13-11(15)10(12)4-6-16-2/h9-10H,3-8,12H2,1-2H3,(H,13,15)/t9?,10-/m0/s1. The largest absolute Gasteiger partial charge is 0.354 e. The molecule has 1 amide bonds. The Hall–Kier alpha value is -0.260. The summed E-state index contributed by atoms with van der Waals surface area (Å²) in [6.45, 7) is 3.00. The van der Waals surface area contributed by atoms with E-state index in [4.69, 9.17) is 5.73 Å². The second kappa shape index (κ2) is 7.14. The molecule has 3 N–H and O–H groups in total. The molecule has 0 spiro atoms. The fourth-order valence-electron chi connectivity index (χ4n) is 1.94. The van der Waals surface area contributed by atoms with Crippen molar-refractivity contribution in [2.24, 2.45) is 11.7 Å². The summed E-state index contributed by atoms with van der Waals surface area (Å²) in [5.74, 6) is 1.55. The smallest absolute Gasteiger partial charge is 0.236 e.